The van der Waals surface area contributed by atoms with E-state index in [4.69, 9.17) is 0 Å². The largest absolute Gasteiger partial charge is 0.481 e. The summed E-state index contributed by atoms with van der Waals surface area (Å²) in [5.41, 5.74) is 1.65. The Bertz CT molecular complexity index is 438. The molecule has 1 unspecified atom stereocenters. The van der Waals surface area contributed by atoms with Gasteiger partial charge in [-0.2, -0.15) is 0 Å². The minimum atomic E-state index is -0.760. The number of hydrogen-bond donors (Lipinski definition) is 1. The summed E-state index contributed by atoms with van der Waals surface area (Å²) in [6.07, 6.45) is 3.43. The fourth-order valence-electron chi connectivity index (χ4n) is 2.19. The van der Waals surface area contributed by atoms with Gasteiger partial charge in [0.15, 0.2) is 0 Å². The van der Waals surface area contributed by atoms with Gasteiger partial charge in [0.2, 0.25) is 0 Å². The number of hydrogen-bond acceptors (Lipinski definition) is 2. The second-order valence-corrected chi connectivity index (χ2v) is 5.56. The van der Waals surface area contributed by atoms with Gasteiger partial charge in [0, 0.05) is 5.71 Å². The molecule has 0 aromatic heterocycles. The number of para-hydroxylation sites is 1. The molecule has 0 aliphatic heterocycles. The lowest BCUT2D eigenvalue weighted by molar-refractivity contribution is -0.139. The van der Waals surface area contributed by atoms with E-state index in [2.05, 4.69) is 25.8 Å². The molecule has 0 heterocycles. The number of unbranched alkanes of at least 4 members (excludes halogenated alkanes) is 1. The number of nitrogens with zero attached hydrogens (tertiary/aromatic N) is 1. The maximum atomic E-state index is 11.5. The zero-order valence-corrected chi connectivity index (χ0v) is 12.7. The minimum Gasteiger partial charge on any atom is -0.481 e. The van der Waals surface area contributed by atoms with Gasteiger partial charge in [0.1, 0.15) is 0 Å². The van der Waals surface area contributed by atoms with Crippen LogP contribution in [-0.4, -0.2) is 16.8 Å². The number of carboxylic acid groups (broad SMARTS) is 1. The Kier molecular flexibility index (Phi) is 6.99. The van der Waals surface area contributed by atoms with Crippen LogP contribution in [0.1, 0.15) is 46.5 Å². The zero-order valence-electron chi connectivity index (χ0n) is 12.7. The highest BCUT2D eigenvalue weighted by Gasteiger charge is 2.24. The van der Waals surface area contributed by atoms with Crippen LogP contribution in [0, 0.1) is 11.8 Å². The quantitative estimate of drug-likeness (QED) is 0.699. The lowest BCUT2D eigenvalue weighted by Gasteiger charge is -2.17. The van der Waals surface area contributed by atoms with Crippen molar-refractivity contribution in [3.05, 3.63) is 30.3 Å². The molecular weight excluding hydrogens is 250 g/mol. The van der Waals surface area contributed by atoms with Crippen molar-refractivity contribution in [1.29, 1.82) is 0 Å². The van der Waals surface area contributed by atoms with Crippen molar-refractivity contribution >= 4 is 17.4 Å². The second-order valence-electron chi connectivity index (χ2n) is 5.56. The van der Waals surface area contributed by atoms with Gasteiger partial charge in [-0.05, 0) is 37.3 Å². The van der Waals surface area contributed by atoms with E-state index in [1.807, 2.05) is 30.3 Å². The van der Waals surface area contributed by atoms with Gasteiger partial charge >= 0.3 is 5.97 Å². The third-order valence-corrected chi connectivity index (χ3v) is 3.22. The molecule has 3 nitrogen and oxygen atoms in total. The normalized spacial score (nSPS) is 13.5. The van der Waals surface area contributed by atoms with Crippen LogP contribution in [0.2, 0.25) is 0 Å². The van der Waals surface area contributed by atoms with Crippen LogP contribution in [-0.2, 0) is 4.79 Å². The molecule has 0 amide bonds. The third kappa shape index (κ3) is 5.55. The Morgan fingerprint density at radius 1 is 1.25 bits per heavy atom. The van der Waals surface area contributed by atoms with Crippen molar-refractivity contribution in [1.82, 2.24) is 0 Å². The summed E-state index contributed by atoms with van der Waals surface area (Å²) in [5.74, 6) is -0.884. The molecule has 0 fully saturated rings. The molecule has 0 aliphatic carbocycles. The Morgan fingerprint density at radius 3 is 2.40 bits per heavy atom. The summed E-state index contributed by atoms with van der Waals surface area (Å²) >= 11 is 0. The molecule has 0 spiro atoms. The molecule has 20 heavy (non-hydrogen) atoms. The van der Waals surface area contributed by atoms with Gasteiger partial charge in [0.05, 0.1) is 11.6 Å². The van der Waals surface area contributed by atoms with Crippen LogP contribution in [0.15, 0.2) is 35.3 Å². The van der Waals surface area contributed by atoms with Crippen LogP contribution in [0.25, 0.3) is 0 Å². The van der Waals surface area contributed by atoms with Crippen LogP contribution < -0.4 is 0 Å². The molecule has 1 aromatic rings. The Morgan fingerprint density at radius 2 is 1.90 bits per heavy atom. The second kappa shape index (κ2) is 8.51. The molecule has 3 heteroatoms. The van der Waals surface area contributed by atoms with Gasteiger partial charge in [-0.3, -0.25) is 9.79 Å². The lowest BCUT2D eigenvalue weighted by Crippen LogP contribution is -2.25. The Hall–Kier alpha value is -1.64. The van der Waals surface area contributed by atoms with Crippen molar-refractivity contribution in [3.8, 4) is 0 Å². The summed E-state index contributed by atoms with van der Waals surface area (Å²) in [6.45, 7) is 6.21. The summed E-state index contributed by atoms with van der Waals surface area (Å²) in [5, 5.41) is 9.49. The predicted molar refractivity (Wildman–Crippen MR) is 83.6 cm³/mol. The first-order valence-corrected chi connectivity index (χ1v) is 7.39. The summed E-state index contributed by atoms with van der Waals surface area (Å²) < 4.78 is 0. The highest BCUT2D eigenvalue weighted by molar-refractivity contribution is 6.02. The monoisotopic (exact) mass is 275 g/mol. The lowest BCUT2D eigenvalue weighted by atomic mass is 9.90. The number of carbonyl (C=O) groups is 1. The van der Waals surface area contributed by atoms with E-state index >= 15 is 0 Å². The van der Waals surface area contributed by atoms with Crippen LogP contribution >= 0.6 is 0 Å². The van der Waals surface area contributed by atoms with Crippen molar-refractivity contribution in [2.45, 2.75) is 46.5 Å². The average molecular weight is 275 g/mol. The van der Waals surface area contributed by atoms with E-state index in [-0.39, 0.29) is 0 Å². The molecule has 0 aliphatic rings. The molecule has 110 valence electrons. The first kappa shape index (κ1) is 16.4. The highest BCUT2D eigenvalue weighted by atomic mass is 16.4. The van der Waals surface area contributed by atoms with E-state index in [9.17, 15) is 9.90 Å². The molecule has 1 atom stereocenters. The number of aliphatic imine (C=N–C) groups is 1. The fourth-order valence-corrected chi connectivity index (χ4v) is 2.19. The number of rotatable bonds is 8. The van der Waals surface area contributed by atoms with E-state index in [1.54, 1.807) is 0 Å². The van der Waals surface area contributed by atoms with Crippen molar-refractivity contribution < 1.29 is 9.90 Å². The van der Waals surface area contributed by atoms with E-state index in [0.717, 1.165) is 30.7 Å². The first-order chi connectivity index (χ1) is 9.54. The Labute approximate surface area is 121 Å². The van der Waals surface area contributed by atoms with Gasteiger partial charge in [-0.25, -0.2) is 0 Å². The molecule has 0 saturated carbocycles. The molecule has 0 radical (unpaired) electrons. The summed E-state index contributed by atoms with van der Waals surface area (Å²) in [7, 11) is 0. The maximum absolute atomic E-state index is 11.5. The predicted octanol–water partition coefficient (Wildman–Crippen LogP) is 4.70. The molecular formula is C17H25NO2. The molecule has 1 rings (SSSR count). The van der Waals surface area contributed by atoms with Crippen molar-refractivity contribution in [3.63, 3.8) is 0 Å². The van der Waals surface area contributed by atoms with Crippen molar-refractivity contribution in [2.24, 2.45) is 16.8 Å². The Balaban J connectivity index is 3.02. The molecule has 0 bridgehead atoms. The average Bonchev–Trinajstić information content (AvgIpc) is 2.41. The fraction of sp³-hybridized carbons (Fsp3) is 0.529. The summed E-state index contributed by atoms with van der Waals surface area (Å²) in [4.78, 5) is 16.2. The van der Waals surface area contributed by atoms with Gasteiger partial charge in [-0.1, -0.05) is 45.4 Å². The summed E-state index contributed by atoms with van der Waals surface area (Å²) in [6, 6.07) is 9.62. The number of aliphatic carboxylic acids is 1. The van der Waals surface area contributed by atoms with E-state index in [1.165, 1.54) is 0 Å². The molecule has 0 saturated heterocycles. The maximum Gasteiger partial charge on any atom is 0.312 e. The molecule has 1 N–H and O–H groups in total. The van der Waals surface area contributed by atoms with Gasteiger partial charge in [-0.15, -0.1) is 0 Å². The molecule has 1 aromatic carbocycles. The standard InChI is InChI=1S/C17H25NO2/c1-4-5-11-16(15(17(19)20)12-13(2)3)18-14-9-7-6-8-10-14/h6-10,13,15H,4-5,11-12H2,1-3H3,(H,19,20). The topological polar surface area (TPSA) is 49.7 Å². The number of benzene rings is 1. The smallest absolute Gasteiger partial charge is 0.312 e. The van der Waals surface area contributed by atoms with E-state index in [0.29, 0.717) is 12.3 Å². The van der Waals surface area contributed by atoms with Crippen LogP contribution in [0.5, 0.6) is 0 Å². The third-order valence-electron chi connectivity index (χ3n) is 3.22. The minimum absolute atomic E-state index is 0.346. The zero-order chi connectivity index (χ0) is 15.0. The SMILES string of the molecule is CCCCC(=Nc1ccccc1)C(CC(C)C)C(=O)O. The van der Waals surface area contributed by atoms with Gasteiger partial charge < -0.3 is 5.11 Å². The van der Waals surface area contributed by atoms with Crippen molar-refractivity contribution in [2.75, 3.05) is 0 Å². The van der Waals surface area contributed by atoms with E-state index < -0.39 is 11.9 Å². The number of carboxylic acids is 1. The highest BCUT2D eigenvalue weighted by Crippen LogP contribution is 2.21. The first-order valence-electron chi connectivity index (χ1n) is 7.39. The van der Waals surface area contributed by atoms with Crippen LogP contribution in [0.3, 0.4) is 0 Å². The van der Waals surface area contributed by atoms with Crippen LogP contribution in [0.4, 0.5) is 5.69 Å². The van der Waals surface area contributed by atoms with Gasteiger partial charge in [0.25, 0.3) is 0 Å².